The van der Waals surface area contributed by atoms with Crippen molar-refractivity contribution in [3.63, 3.8) is 0 Å². The van der Waals surface area contributed by atoms with E-state index in [4.69, 9.17) is 5.73 Å². The summed E-state index contributed by atoms with van der Waals surface area (Å²) in [5.74, 6) is 0. The predicted molar refractivity (Wildman–Crippen MR) is 62.7 cm³/mol. The van der Waals surface area contributed by atoms with Crippen LogP contribution in [-0.4, -0.2) is 12.6 Å². The van der Waals surface area contributed by atoms with Crippen LogP contribution < -0.4 is 11.1 Å². The summed E-state index contributed by atoms with van der Waals surface area (Å²) in [5, 5.41) is 3.36. The van der Waals surface area contributed by atoms with E-state index in [-0.39, 0.29) is 6.04 Å². The zero-order valence-corrected chi connectivity index (χ0v) is 9.30. The molecule has 0 radical (unpaired) electrons. The first-order valence-electron chi connectivity index (χ1n) is 5.16. The third kappa shape index (κ3) is 3.38. The molecule has 78 valence electrons. The molecule has 0 bridgehead atoms. The maximum atomic E-state index is 5.67. The lowest BCUT2D eigenvalue weighted by Crippen LogP contribution is -2.19. The minimum Gasteiger partial charge on any atom is -0.385 e. The normalized spacial score (nSPS) is 12.6. The zero-order chi connectivity index (χ0) is 10.6. The van der Waals surface area contributed by atoms with Crippen molar-refractivity contribution in [2.45, 2.75) is 33.2 Å². The summed E-state index contributed by atoms with van der Waals surface area (Å²) in [6.45, 7) is 7.23. The van der Waals surface area contributed by atoms with Gasteiger partial charge in [-0.05, 0) is 50.5 Å². The summed E-state index contributed by atoms with van der Waals surface area (Å²) < 4.78 is 0. The smallest absolute Gasteiger partial charge is 0.0343 e. The lowest BCUT2D eigenvalue weighted by atomic mass is 10.1. The van der Waals surface area contributed by atoms with Gasteiger partial charge in [-0.3, -0.25) is 0 Å². The minimum absolute atomic E-state index is 0.272. The molecule has 0 aliphatic carbocycles. The molecular weight excluding hydrogens is 172 g/mol. The molecule has 2 heteroatoms. The Morgan fingerprint density at radius 1 is 1.29 bits per heavy atom. The van der Waals surface area contributed by atoms with Gasteiger partial charge in [-0.1, -0.05) is 6.07 Å². The molecule has 0 aliphatic rings. The van der Waals surface area contributed by atoms with E-state index < -0.39 is 0 Å². The molecule has 1 rings (SSSR count). The van der Waals surface area contributed by atoms with Gasteiger partial charge in [0, 0.05) is 18.3 Å². The second-order valence-electron chi connectivity index (χ2n) is 3.99. The van der Waals surface area contributed by atoms with Gasteiger partial charge in [-0.25, -0.2) is 0 Å². The average molecular weight is 192 g/mol. The molecule has 0 amide bonds. The summed E-state index contributed by atoms with van der Waals surface area (Å²) in [5.41, 5.74) is 9.52. The maximum absolute atomic E-state index is 5.67. The van der Waals surface area contributed by atoms with E-state index in [1.54, 1.807) is 0 Å². The Bertz CT molecular complexity index is 292. The Kier molecular flexibility index (Phi) is 3.96. The molecule has 14 heavy (non-hydrogen) atoms. The molecule has 0 fully saturated rings. The van der Waals surface area contributed by atoms with Gasteiger partial charge < -0.3 is 11.1 Å². The van der Waals surface area contributed by atoms with Crippen LogP contribution >= 0.6 is 0 Å². The van der Waals surface area contributed by atoms with Gasteiger partial charge in [0.25, 0.3) is 0 Å². The van der Waals surface area contributed by atoms with Crippen LogP contribution in [0, 0.1) is 13.8 Å². The first-order valence-corrected chi connectivity index (χ1v) is 5.16. The number of aryl methyl sites for hydroxylation is 2. The molecule has 0 heterocycles. The predicted octanol–water partition coefficient (Wildman–Crippen LogP) is 2.45. The number of hydrogen-bond acceptors (Lipinski definition) is 2. The Morgan fingerprint density at radius 2 is 2.00 bits per heavy atom. The van der Waals surface area contributed by atoms with Gasteiger partial charge in [-0.15, -0.1) is 0 Å². The van der Waals surface area contributed by atoms with Gasteiger partial charge in [0.1, 0.15) is 0 Å². The molecule has 0 spiro atoms. The highest BCUT2D eigenvalue weighted by Crippen LogP contribution is 2.13. The third-order valence-electron chi connectivity index (χ3n) is 2.44. The molecule has 0 saturated carbocycles. The molecule has 0 aliphatic heterocycles. The Morgan fingerprint density at radius 3 is 2.57 bits per heavy atom. The molecule has 3 N–H and O–H groups in total. The minimum atomic E-state index is 0.272. The fourth-order valence-electron chi connectivity index (χ4n) is 1.30. The number of anilines is 1. The van der Waals surface area contributed by atoms with Crippen LogP contribution in [0.1, 0.15) is 24.5 Å². The highest BCUT2D eigenvalue weighted by Gasteiger charge is 1.96. The van der Waals surface area contributed by atoms with Crippen LogP contribution in [0.4, 0.5) is 5.69 Å². The van der Waals surface area contributed by atoms with E-state index in [1.165, 1.54) is 16.8 Å². The van der Waals surface area contributed by atoms with Gasteiger partial charge in [0.2, 0.25) is 0 Å². The van der Waals surface area contributed by atoms with Crippen LogP contribution in [0.5, 0.6) is 0 Å². The lowest BCUT2D eigenvalue weighted by molar-refractivity contribution is 0.690. The number of hydrogen-bond donors (Lipinski definition) is 2. The summed E-state index contributed by atoms with van der Waals surface area (Å²) >= 11 is 0. The van der Waals surface area contributed by atoms with E-state index in [1.807, 2.05) is 6.92 Å². The largest absolute Gasteiger partial charge is 0.385 e. The van der Waals surface area contributed by atoms with Crippen molar-refractivity contribution in [1.29, 1.82) is 0 Å². The van der Waals surface area contributed by atoms with Crippen molar-refractivity contribution in [3.8, 4) is 0 Å². The Hall–Kier alpha value is -1.02. The standard InChI is InChI=1S/C12H20N2/c1-9-4-5-12(8-10(9)2)14-7-6-11(3)13/h4-5,8,11,14H,6-7,13H2,1-3H3. The summed E-state index contributed by atoms with van der Waals surface area (Å²) in [6.07, 6.45) is 1.01. The number of benzene rings is 1. The molecular formula is C12H20N2. The summed E-state index contributed by atoms with van der Waals surface area (Å²) in [6, 6.07) is 6.71. The first-order chi connectivity index (χ1) is 6.59. The molecule has 2 nitrogen and oxygen atoms in total. The highest BCUT2D eigenvalue weighted by atomic mass is 14.9. The van der Waals surface area contributed by atoms with Crippen LogP contribution in [-0.2, 0) is 0 Å². The van der Waals surface area contributed by atoms with Crippen molar-refractivity contribution in [2.24, 2.45) is 5.73 Å². The van der Waals surface area contributed by atoms with Crippen molar-refractivity contribution < 1.29 is 0 Å². The second-order valence-corrected chi connectivity index (χ2v) is 3.99. The number of rotatable bonds is 4. The van der Waals surface area contributed by atoms with E-state index in [2.05, 4.69) is 37.4 Å². The van der Waals surface area contributed by atoms with E-state index in [0.29, 0.717) is 0 Å². The molecule has 0 saturated heterocycles. The SMILES string of the molecule is Cc1ccc(NCCC(C)N)cc1C. The maximum Gasteiger partial charge on any atom is 0.0343 e. The lowest BCUT2D eigenvalue weighted by Gasteiger charge is -2.09. The van der Waals surface area contributed by atoms with Gasteiger partial charge in [-0.2, -0.15) is 0 Å². The van der Waals surface area contributed by atoms with Crippen LogP contribution in [0.25, 0.3) is 0 Å². The Balaban J connectivity index is 2.47. The van der Waals surface area contributed by atoms with Crippen LogP contribution in [0.3, 0.4) is 0 Å². The summed E-state index contributed by atoms with van der Waals surface area (Å²) in [4.78, 5) is 0. The number of nitrogens with two attached hydrogens (primary N) is 1. The third-order valence-corrected chi connectivity index (χ3v) is 2.44. The van der Waals surface area contributed by atoms with Crippen molar-refractivity contribution >= 4 is 5.69 Å². The number of nitrogens with one attached hydrogen (secondary N) is 1. The molecule has 1 aromatic rings. The van der Waals surface area contributed by atoms with Gasteiger partial charge >= 0.3 is 0 Å². The van der Waals surface area contributed by atoms with Crippen molar-refractivity contribution in [2.75, 3.05) is 11.9 Å². The first kappa shape index (κ1) is 11.1. The van der Waals surface area contributed by atoms with E-state index >= 15 is 0 Å². The fraction of sp³-hybridized carbons (Fsp3) is 0.500. The average Bonchev–Trinajstić information content (AvgIpc) is 2.10. The quantitative estimate of drug-likeness (QED) is 0.769. The van der Waals surface area contributed by atoms with E-state index in [9.17, 15) is 0 Å². The van der Waals surface area contributed by atoms with Crippen LogP contribution in [0.2, 0.25) is 0 Å². The van der Waals surface area contributed by atoms with Crippen molar-refractivity contribution in [3.05, 3.63) is 29.3 Å². The highest BCUT2D eigenvalue weighted by molar-refractivity contribution is 5.47. The monoisotopic (exact) mass is 192 g/mol. The Labute approximate surface area is 86.5 Å². The van der Waals surface area contributed by atoms with E-state index in [0.717, 1.165) is 13.0 Å². The summed E-state index contributed by atoms with van der Waals surface area (Å²) in [7, 11) is 0. The molecule has 0 aromatic heterocycles. The van der Waals surface area contributed by atoms with Crippen LogP contribution in [0.15, 0.2) is 18.2 Å². The topological polar surface area (TPSA) is 38.0 Å². The second kappa shape index (κ2) is 5.01. The molecule has 1 aromatic carbocycles. The fourth-order valence-corrected chi connectivity index (χ4v) is 1.30. The van der Waals surface area contributed by atoms with Gasteiger partial charge in [0.05, 0.1) is 0 Å². The van der Waals surface area contributed by atoms with Crippen molar-refractivity contribution in [1.82, 2.24) is 0 Å². The molecule has 1 unspecified atom stereocenters. The molecule has 1 atom stereocenters. The zero-order valence-electron chi connectivity index (χ0n) is 9.30. The van der Waals surface area contributed by atoms with Gasteiger partial charge in [0.15, 0.2) is 0 Å².